The summed E-state index contributed by atoms with van der Waals surface area (Å²) in [4.78, 5) is 2.35. The number of fused-ring (bicyclic) bond motifs is 2. The number of rotatable bonds is 1. The van der Waals surface area contributed by atoms with Crippen LogP contribution >= 0.6 is 0 Å². The van der Waals surface area contributed by atoms with Crippen molar-refractivity contribution < 1.29 is 14.6 Å². The maximum Gasteiger partial charge on any atom is 0.200 e. The standard InChI is InChI=1S/C18H25NO3/c1-19-15(14-7-3-2-4-8-14)13-18(21-11-12-22-18)17(20)10-6-5-9-16(17)19/h2-4,7-8,15-16,20H,5-6,9-13H2,1H3. The molecule has 4 heteroatoms. The summed E-state index contributed by atoms with van der Waals surface area (Å²) in [7, 11) is 2.14. The second-order valence-electron chi connectivity index (χ2n) is 6.93. The van der Waals surface area contributed by atoms with Crippen molar-refractivity contribution in [2.45, 2.75) is 55.6 Å². The second-order valence-corrected chi connectivity index (χ2v) is 6.93. The number of nitrogens with zero attached hydrogens (tertiary/aromatic N) is 1. The number of likely N-dealkylation sites (tertiary alicyclic amines) is 1. The van der Waals surface area contributed by atoms with Gasteiger partial charge in [-0.25, -0.2) is 0 Å². The predicted octanol–water partition coefficient (Wildman–Crippen LogP) is 2.48. The Labute approximate surface area is 132 Å². The van der Waals surface area contributed by atoms with Crippen LogP contribution in [0.3, 0.4) is 0 Å². The van der Waals surface area contributed by atoms with Crippen LogP contribution in [0.25, 0.3) is 0 Å². The van der Waals surface area contributed by atoms with Crippen LogP contribution in [0.4, 0.5) is 0 Å². The first kappa shape index (κ1) is 14.6. The summed E-state index contributed by atoms with van der Waals surface area (Å²) >= 11 is 0. The van der Waals surface area contributed by atoms with E-state index in [0.717, 1.165) is 25.7 Å². The number of benzene rings is 1. The van der Waals surface area contributed by atoms with Gasteiger partial charge in [-0.2, -0.15) is 0 Å². The fourth-order valence-corrected chi connectivity index (χ4v) is 4.77. The summed E-state index contributed by atoms with van der Waals surface area (Å²) in [6.45, 7) is 1.17. The van der Waals surface area contributed by atoms with Crippen LogP contribution in [-0.4, -0.2) is 47.7 Å². The molecule has 1 aromatic rings. The molecule has 1 saturated carbocycles. The molecule has 0 amide bonds. The molecule has 4 rings (SSSR count). The predicted molar refractivity (Wildman–Crippen MR) is 83.4 cm³/mol. The molecule has 1 spiro atoms. The molecule has 2 saturated heterocycles. The maximum absolute atomic E-state index is 11.5. The third-order valence-electron chi connectivity index (χ3n) is 5.88. The van der Waals surface area contributed by atoms with Gasteiger partial charge in [-0.15, -0.1) is 0 Å². The molecule has 22 heavy (non-hydrogen) atoms. The summed E-state index contributed by atoms with van der Waals surface area (Å²) in [6.07, 6.45) is 4.68. The molecule has 3 atom stereocenters. The van der Waals surface area contributed by atoms with Gasteiger partial charge in [-0.1, -0.05) is 43.2 Å². The molecule has 0 bridgehead atoms. The smallest absolute Gasteiger partial charge is 0.200 e. The molecule has 2 aliphatic heterocycles. The van der Waals surface area contributed by atoms with Crippen LogP contribution in [0, 0.1) is 0 Å². The first-order chi connectivity index (χ1) is 10.7. The number of likely N-dealkylation sites (N-methyl/N-ethyl adjacent to an activating group) is 1. The number of hydrogen-bond donors (Lipinski definition) is 1. The number of ether oxygens (including phenoxy) is 2. The summed E-state index contributed by atoms with van der Waals surface area (Å²) < 4.78 is 12.1. The van der Waals surface area contributed by atoms with Crippen molar-refractivity contribution in [2.24, 2.45) is 0 Å². The highest BCUT2D eigenvalue weighted by Gasteiger charge is 2.64. The van der Waals surface area contributed by atoms with E-state index >= 15 is 0 Å². The molecule has 1 aliphatic carbocycles. The number of aliphatic hydroxyl groups is 1. The molecule has 1 N–H and O–H groups in total. The first-order valence-electron chi connectivity index (χ1n) is 8.43. The lowest BCUT2D eigenvalue weighted by atomic mass is 9.68. The zero-order valence-corrected chi connectivity index (χ0v) is 13.2. The van der Waals surface area contributed by atoms with Crippen molar-refractivity contribution in [3.8, 4) is 0 Å². The second kappa shape index (κ2) is 5.31. The minimum absolute atomic E-state index is 0.0957. The van der Waals surface area contributed by atoms with E-state index in [1.165, 1.54) is 5.56 Å². The van der Waals surface area contributed by atoms with Gasteiger partial charge in [-0.3, -0.25) is 4.90 Å². The molecule has 1 aromatic carbocycles. The van der Waals surface area contributed by atoms with Crippen LogP contribution in [0.2, 0.25) is 0 Å². The van der Waals surface area contributed by atoms with Gasteiger partial charge >= 0.3 is 0 Å². The summed E-state index contributed by atoms with van der Waals surface area (Å²) in [5.41, 5.74) is 0.387. The normalized spacial score (nSPS) is 38.1. The lowest BCUT2D eigenvalue weighted by Crippen LogP contribution is -2.71. The Morgan fingerprint density at radius 2 is 1.86 bits per heavy atom. The summed E-state index contributed by atoms with van der Waals surface area (Å²) in [6, 6.07) is 10.8. The van der Waals surface area contributed by atoms with Gasteiger partial charge in [-0.05, 0) is 25.5 Å². The molecular formula is C18H25NO3. The lowest BCUT2D eigenvalue weighted by molar-refractivity contribution is -0.325. The van der Waals surface area contributed by atoms with E-state index in [9.17, 15) is 5.11 Å². The molecule has 3 fully saturated rings. The molecule has 2 heterocycles. The Bertz CT molecular complexity index is 528. The van der Waals surface area contributed by atoms with Gasteiger partial charge in [0.1, 0.15) is 5.60 Å². The highest BCUT2D eigenvalue weighted by molar-refractivity contribution is 5.24. The van der Waals surface area contributed by atoms with Crippen molar-refractivity contribution in [3.05, 3.63) is 35.9 Å². The van der Waals surface area contributed by atoms with E-state index in [4.69, 9.17) is 9.47 Å². The third kappa shape index (κ3) is 1.98. The zero-order valence-electron chi connectivity index (χ0n) is 13.2. The maximum atomic E-state index is 11.5. The van der Waals surface area contributed by atoms with E-state index in [1.54, 1.807) is 0 Å². The monoisotopic (exact) mass is 303 g/mol. The Morgan fingerprint density at radius 3 is 2.59 bits per heavy atom. The number of hydrogen-bond acceptors (Lipinski definition) is 4. The highest BCUT2D eigenvalue weighted by Crippen LogP contribution is 2.53. The fourth-order valence-electron chi connectivity index (χ4n) is 4.77. The Morgan fingerprint density at radius 1 is 1.14 bits per heavy atom. The van der Waals surface area contributed by atoms with Crippen LogP contribution in [0.1, 0.15) is 43.7 Å². The molecule has 4 nitrogen and oxygen atoms in total. The molecular weight excluding hydrogens is 278 g/mol. The SMILES string of the molecule is CN1C(c2ccccc2)CC2(OCCO2)C2(O)CCCCC12. The van der Waals surface area contributed by atoms with E-state index in [0.29, 0.717) is 19.6 Å². The third-order valence-corrected chi connectivity index (χ3v) is 5.88. The highest BCUT2D eigenvalue weighted by atomic mass is 16.7. The minimum Gasteiger partial charge on any atom is -0.383 e. The largest absolute Gasteiger partial charge is 0.383 e. The van der Waals surface area contributed by atoms with Crippen LogP contribution < -0.4 is 0 Å². The van der Waals surface area contributed by atoms with Crippen LogP contribution in [0.5, 0.6) is 0 Å². The van der Waals surface area contributed by atoms with Gasteiger partial charge in [0.2, 0.25) is 5.79 Å². The zero-order chi connectivity index (χ0) is 15.2. The molecule has 3 unspecified atom stereocenters. The van der Waals surface area contributed by atoms with Gasteiger partial charge in [0.05, 0.1) is 13.2 Å². The summed E-state index contributed by atoms with van der Waals surface area (Å²) in [5.74, 6) is -0.828. The van der Waals surface area contributed by atoms with Crippen LogP contribution in [-0.2, 0) is 9.47 Å². The lowest BCUT2D eigenvalue weighted by Gasteiger charge is -2.59. The fraction of sp³-hybridized carbons (Fsp3) is 0.667. The van der Waals surface area contributed by atoms with E-state index < -0.39 is 11.4 Å². The quantitative estimate of drug-likeness (QED) is 0.865. The topological polar surface area (TPSA) is 41.9 Å². The minimum atomic E-state index is -0.887. The van der Waals surface area contributed by atoms with Gasteiger partial charge < -0.3 is 14.6 Å². The van der Waals surface area contributed by atoms with Crippen molar-refractivity contribution in [1.82, 2.24) is 4.90 Å². The Hall–Kier alpha value is -0.940. The average Bonchev–Trinajstić information content (AvgIpc) is 3.03. The molecule has 120 valence electrons. The van der Waals surface area contributed by atoms with Crippen molar-refractivity contribution >= 4 is 0 Å². The van der Waals surface area contributed by atoms with E-state index in [1.807, 2.05) is 6.07 Å². The average molecular weight is 303 g/mol. The van der Waals surface area contributed by atoms with Crippen LogP contribution in [0.15, 0.2) is 30.3 Å². The van der Waals surface area contributed by atoms with Gasteiger partial charge in [0.15, 0.2) is 0 Å². The first-order valence-corrected chi connectivity index (χ1v) is 8.43. The Balaban J connectivity index is 1.75. The van der Waals surface area contributed by atoms with Crippen molar-refractivity contribution in [1.29, 1.82) is 0 Å². The summed E-state index contributed by atoms with van der Waals surface area (Å²) in [5, 5.41) is 11.5. The van der Waals surface area contributed by atoms with E-state index in [-0.39, 0.29) is 12.1 Å². The van der Waals surface area contributed by atoms with Crippen molar-refractivity contribution in [2.75, 3.05) is 20.3 Å². The van der Waals surface area contributed by atoms with Crippen molar-refractivity contribution in [3.63, 3.8) is 0 Å². The molecule has 3 aliphatic rings. The number of piperidine rings is 1. The van der Waals surface area contributed by atoms with Gasteiger partial charge in [0, 0.05) is 18.5 Å². The molecule has 0 radical (unpaired) electrons. The Kier molecular flexibility index (Phi) is 3.53. The molecule has 0 aromatic heterocycles. The van der Waals surface area contributed by atoms with E-state index in [2.05, 4.69) is 36.2 Å². The van der Waals surface area contributed by atoms with Gasteiger partial charge in [0.25, 0.3) is 0 Å².